The first kappa shape index (κ1) is 17.2. The third-order valence-electron chi connectivity index (χ3n) is 3.77. The molecule has 0 aliphatic carbocycles. The number of thioether (sulfide) groups is 1. The summed E-state index contributed by atoms with van der Waals surface area (Å²) in [4.78, 5) is 17.5. The number of aryl methyl sites for hydroxylation is 1. The van der Waals surface area contributed by atoms with Crippen molar-refractivity contribution in [3.05, 3.63) is 71.9 Å². The molecule has 0 unspecified atom stereocenters. The SMILES string of the molecule is C/C(=N/NC(=O)CSc1cccc2cccnc12)c1ccc(C)cc1. The average Bonchev–Trinajstić information content (AvgIpc) is 2.65. The molecule has 0 bridgehead atoms. The number of para-hydroxylation sites is 1. The van der Waals surface area contributed by atoms with Crippen LogP contribution < -0.4 is 5.43 Å². The van der Waals surface area contributed by atoms with Crippen LogP contribution >= 0.6 is 11.8 Å². The van der Waals surface area contributed by atoms with Gasteiger partial charge >= 0.3 is 0 Å². The van der Waals surface area contributed by atoms with Crippen LogP contribution in [0.4, 0.5) is 0 Å². The highest BCUT2D eigenvalue weighted by Crippen LogP contribution is 2.25. The molecule has 5 heteroatoms. The van der Waals surface area contributed by atoms with E-state index in [0.29, 0.717) is 5.75 Å². The number of hydrogen-bond donors (Lipinski definition) is 1. The summed E-state index contributed by atoms with van der Waals surface area (Å²) in [6.45, 7) is 3.92. The molecule has 3 aromatic rings. The number of amides is 1. The lowest BCUT2D eigenvalue weighted by Gasteiger charge is -2.05. The molecule has 0 aliphatic rings. The molecule has 25 heavy (non-hydrogen) atoms. The van der Waals surface area contributed by atoms with Crippen LogP contribution in [-0.4, -0.2) is 22.4 Å². The molecular weight excluding hydrogens is 330 g/mol. The number of carbonyl (C=O) groups is 1. The summed E-state index contributed by atoms with van der Waals surface area (Å²) < 4.78 is 0. The lowest BCUT2D eigenvalue weighted by Crippen LogP contribution is -2.21. The monoisotopic (exact) mass is 349 g/mol. The van der Waals surface area contributed by atoms with Gasteiger partial charge in [0.2, 0.25) is 5.91 Å². The minimum atomic E-state index is -0.135. The molecule has 0 saturated carbocycles. The van der Waals surface area contributed by atoms with E-state index in [0.717, 1.165) is 27.1 Å². The highest BCUT2D eigenvalue weighted by atomic mass is 32.2. The molecule has 0 aliphatic heterocycles. The average molecular weight is 349 g/mol. The Morgan fingerprint density at radius 2 is 1.88 bits per heavy atom. The molecule has 0 spiro atoms. The van der Waals surface area contributed by atoms with Crippen LogP contribution in [0.5, 0.6) is 0 Å². The van der Waals surface area contributed by atoms with Crippen molar-refractivity contribution in [2.75, 3.05) is 5.75 Å². The number of benzene rings is 2. The number of fused-ring (bicyclic) bond motifs is 1. The van der Waals surface area contributed by atoms with Crippen LogP contribution in [0.1, 0.15) is 18.1 Å². The lowest BCUT2D eigenvalue weighted by atomic mass is 10.1. The van der Waals surface area contributed by atoms with E-state index < -0.39 is 0 Å². The fourth-order valence-corrected chi connectivity index (χ4v) is 3.21. The quantitative estimate of drug-likeness (QED) is 0.427. The van der Waals surface area contributed by atoms with E-state index in [-0.39, 0.29) is 5.91 Å². The van der Waals surface area contributed by atoms with Crippen LogP contribution in [0.15, 0.2) is 70.8 Å². The zero-order chi connectivity index (χ0) is 17.6. The second-order valence-corrected chi connectivity index (χ2v) is 6.74. The van der Waals surface area contributed by atoms with Gasteiger partial charge in [-0.25, -0.2) is 5.43 Å². The third kappa shape index (κ3) is 4.45. The van der Waals surface area contributed by atoms with Crippen LogP contribution in [0, 0.1) is 6.92 Å². The van der Waals surface area contributed by atoms with Crippen LogP contribution in [0.3, 0.4) is 0 Å². The number of carbonyl (C=O) groups excluding carboxylic acids is 1. The van der Waals surface area contributed by atoms with Crippen molar-refractivity contribution < 1.29 is 4.79 Å². The van der Waals surface area contributed by atoms with Crippen molar-refractivity contribution in [2.24, 2.45) is 5.10 Å². The molecule has 0 fully saturated rings. The van der Waals surface area contributed by atoms with E-state index in [2.05, 4.69) is 15.5 Å². The zero-order valence-electron chi connectivity index (χ0n) is 14.2. The standard InChI is InChI=1S/C20H19N3OS/c1-14-8-10-16(11-9-14)15(2)22-23-19(24)13-25-18-7-3-5-17-6-4-12-21-20(17)18/h3-12H,13H2,1-2H3,(H,23,24)/b22-15-. The summed E-state index contributed by atoms with van der Waals surface area (Å²) >= 11 is 1.46. The number of nitrogens with one attached hydrogen (secondary N) is 1. The minimum absolute atomic E-state index is 0.135. The van der Waals surface area contributed by atoms with Crippen molar-refractivity contribution in [3.63, 3.8) is 0 Å². The minimum Gasteiger partial charge on any atom is -0.272 e. The van der Waals surface area contributed by atoms with Crippen LogP contribution in [-0.2, 0) is 4.79 Å². The van der Waals surface area contributed by atoms with Gasteiger partial charge in [-0.15, -0.1) is 11.8 Å². The molecular formula is C20H19N3OS. The smallest absolute Gasteiger partial charge is 0.250 e. The largest absolute Gasteiger partial charge is 0.272 e. The van der Waals surface area contributed by atoms with Crippen molar-refractivity contribution in [1.82, 2.24) is 10.4 Å². The number of rotatable bonds is 5. The molecule has 2 aromatic carbocycles. The number of pyridine rings is 1. The van der Waals surface area contributed by atoms with E-state index in [4.69, 9.17) is 0 Å². The summed E-state index contributed by atoms with van der Waals surface area (Å²) in [7, 11) is 0. The first-order valence-electron chi connectivity index (χ1n) is 8.00. The van der Waals surface area contributed by atoms with Gasteiger partial charge in [-0.1, -0.05) is 48.0 Å². The van der Waals surface area contributed by atoms with E-state index in [1.54, 1.807) is 6.20 Å². The Hall–Kier alpha value is -2.66. The maximum Gasteiger partial charge on any atom is 0.250 e. The Balaban J connectivity index is 1.61. The van der Waals surface area contributed by atoms with E-state index in [9.17, 15) is 4.79 Å². The van der Waals surface area contributed by atoms with E-state index in [1.165, 1.54) is 17.3 Å². The van der Waals surface area contributed by atoms with Gasteiger partial charge in [-0.05, 0) is 31.5 Å². The zero-order valence-corrected chi connectivity index (χ0v) is 15.0. The molecule has 0 radical (unpaired) electrons. The Labute approximate surface area is 151 Å². The normalized spacial score (nSPS) is 11.5. The van der Waals surface area contributed by atoms with Gasteiger partial charge in [0.05, 0.1) is 17.0 Å². The third-order valence-corrected chi connectivity index (χ3v) is 4.82. The first-order chi connectivity index (χ1) is 12.1. The topological polar surface area (TPSA) is 54.4 Å². The van der Waals surface area contributed by atoms with Gasteiger partial charge in [0, 0.05) is 16.5 Å². The predicted molar refractivity (Wildman–Crippen MR) is 104 cm³/mol. The molecule has 3 rings (SSSR count). The summed E-state index contributed by atoms with van der Waals surface area (Å²) in [6, 6.07) is 17.9. The van der Waals surface area contributed by atoms with Crippen molar-refractivity contribution in [3.8, 4) is 0 Å². The summed E-state index contributed by atoms with van der Waals surface area (Å²) in [5.41, 5.74) is 6.51. The lowest BCUT2D eigenvalue weighted by molar-refractivity contribution is -0.118. The highest BCUT2D eigenvalue weighted by molar-refractivity contribution is 8.00. The van der Waals surface area contributed by atoms with Gasteiger partial charge in [0.25, 0.3) is 0 Å². The second kappa shape index (κ2) is 7.94. The maximum absolute atomic E-state index is 12.1. The Morgan fingerprint density at radius 3 is 2.68 bits per heavy atom. The Bertz CT molecular complexity index is 914. The maximum atomic E-state index is 12.1. The van der Waals surface area contributed by atoms with Crippen molar-refractivity contribution >= 4 is 34.3 Å². The van der Waals surface area contributed by atoms with Gasteiger partial charge in [0.15, 0.2) is 0 Å². The van der Waals surface area contributed by atoms with Crippen LogP contribution in [0.2, 0.25) is 0 Å². The number of nitrogens with zero attached hydrogens (tertiary/aromatic N) is 2. The molecule has 0 atom stereocenters. The van der Waals surface area contributed by atoms with Gasteiger partial charge in [0.1, 0.15) is 0 Å². The fraction of sp³-hybridized carbons (Fsp3) is 0.150. The summed E-state index contributed by atoms with van der Waals surface area (Å²) in [5.74, 6) is 0.157. The molecule has 4 nitrogen and oxygen atoms in total. The molecule has 0 saturated heterocycles. The molecule has 1 heterocycles. The Morgan fingerprint density at radius 1 is 1.12 bits per heavy atom. The molecule has 126 valence electrons. The van der Waals surface area contributed by atoms with Gasteiger partial charge in [-0.2, -0.15) is 5.10 Å². The number of hydrazone groups is 1. The highest BCUT2D eigenvalue weighted by Gasteiger charge is 2.06. The fourth-order valence-electron chi connectivity index (χ4n) is 2.37. The number of aromatic nitrogens is 1. The van der Waals surface area contributed by atoms with Gasteiger partial charge in [-0.3, -0.25) is 9.78 Å². The summed E-state index contributed by atoms with van der Waals surface area (Å²) in [5, 5.41) is 5.26. The number of hydrogen-bond acceptors (Lipinski definition) is 4. The molecule has 1 aromatic heterocycles. The van der Waals surface area contributed by atoms with E-state index in [1.807, 2.05) is 68.4 Å². The second-order valence-electron chi connectivity index (χ2n) is 5.72. The first-order valence-corrected chi connectivity index (χ1v) is 8.99. The Kier molecular flexibility index (Phi) is 5.46. The summed E-state index contributed by atoms with van der Waals surface area (Å²) in [6.07, 6.45) is 1.77. The van der Waals surface area contributed by atoms with Gasteiger partial charge < -0.3 is 0 Å². The predicted octanol–water partition coefficient (Wildman–Crippen LogP) is 4.18. The molecule has 1 N–H and O–H groups in total. The van der Waals surface area contributed by atoms with Crippen LogP contribution in [0.25, 0.3) is 10.9 Å². The van der Waals surface area contributed by atoms with Crippen molar-refractivity contribution in [2.45, 2.75) is 18.7 Å². The van der Waals surface area contributed by atoms with Crippen molar-refractivity contribution in [1.29, 1.82) is 0 Å². The van der Waals surface area contributed by atoms with E-state index >= 15 is 0 Å². The molecule has 1 amide bonds.